The lowest BCUT2D eigenvalue weighted by atomic mass is 9.96. The van der Waals surface area contributed by atoms with E-state index in [0.29, 0.717) is 36.3 Å². The van der Waals surface area contributed by atoms with Gasteiger partial charge in [0, 0.05) is 19.0 Å². The van der Waals surface area contributed by atoms with Gasteiger partial charge < -0.3 is 18.9 Å². The molecule has 0 atom stereocenters. The van der Waals surface area contributed by atoms with Crippen molar-refractivity contribution in [3.63, 3.8) is 0 Å². The number of ether oxygens (including phenoxy) is 2. The molecule has 4 rings (SSSR count). The van der Waals surface area contributed by atoms with E-state index in [0.717, 1.165) is 18.4 Å². The minimum atomic E-state index is -0.00451. The summed E-state index contributed by atoms with van der Waals surface area (Å²) in [6.07, 6.45) is 1.59. The van der Waals surface area contributed by atoms with Crippen molar-refractivity contribution in [2.45, 2.75) is 18.8 Å². The van der Waals surface area contributed by atoms with Crippen LogP contribution in [-0.2, 0) is 4.79 Å². The van der Waals surface area contributed by atoms with E-state index >= 15 is 0 Å². The van der Waals surface area contributed by atoms with Crippen LogP contribution in [0.4, 0.5) is 0 Å². The van der Waals surface area contributed by atoms with Gasteiger partial charge in [-0.05, 0) is 37.1 Å². The highest BCUT2D eigenvalue weighted by Gasteiger charge is 2.27. The van der Waals surface area contributed by atoms with Gasteiger partial charge in [0.2, 0.25) is 0 Å². The number of hydrogen-bond acceptors (Lipinski definition) is 6. The van der Waals surface area contributed by atoms with Crippen LogP contribution in [0.2, 0.25) is 0 Å². The standard InChI is InChI=1S/C22H23N3O4/c1-27-19-10-6-5-9-18(19)22-23-21(24-29-22)16-11-13-25(14-12-16)20(26)15-28-17-7-3-2-4-8-17/h2-10,16H,11-15H2,1H3. The van der Waals surface area contributed by atoms with Gasteiger partial charge in [-0.1, -0.05) is 35.5 Å². The predicted octanol–water partition coefficient (Wildman–Crippen LogP) is 3.53. The number of carbonyl (C=O) groups excluding carboxylic acids is 1. The van der Waals surface area contributed by atoms with Gasteiger partial charge >= 0.3 is 0 Å². The Bertz CT molecular complexity index is 949. The second-order valence-electron chi connectivity index (χ2n) is 6.91. The Labute approximate surface area is 169 Å². The molecule has 1 aliphatic rings. The SMILES string of the molecule is COc1ccccc1-c1nc(C2CCN(C(=O)COc3ccccc3)CC2)no1. The summed E-state index contributed by atoms with van der Waals surface area (Å²) in [5, 5.41) is 4.17. The number of methoxy groups -OCH3 is 1. The van der Waals surface area contributed by atoms with Crippen molar-refractivity contribution in [2.24, 2.45) is 0 Å². The van der Waals surface area contributed by atoms with E-state index in [2.05, 4.69) is 10.1 Å². The fourth-order valence-electron chi connectivity index (χ4n) is 3.47. The van der Waals surface area contributed by atoms with Gasteiger partial charge in [0.15, 0.2) is 12.4 Å². The van der Waals surface area contributed by atoms with Gasteiger partial charge in [-0.25, -0.2) is 0 Å². The van der Waals surface area contributed by atoms with Crippen molar-refractivity contribution in [1.29, 1.82) is 0 Å². The molecule has 2 heterocycles. The maximum absolute atomic E-state index is 12.4. The third-order valence-corrected chi connectivity index (χ3v) is 5.10. The highest BCUT2D eigenvalue weighted by atomic mass is 16.5. The predicted molar refractivity (Wildman–Crippen MR) is 107 cm³/mol. The van der Waals surface area contributed by atoms with Crippen LogP contribution in [0.3, 0.4) is 0 Å². The summed E-state index contributed by atoms with van der Waals surface area (Å²) in [5.74, 6) is 2.69. The number of rotatable bonds is 6. The first-order valence-electron chi connectivity index (χ1n) is 9.67. The number of para-hydroxylation sites is 2. The summed E-state index contributed by atoms with van der Waals surface area (Å²) in [6.45, 7) is 1.36. The maximum Gasteiger partial charge on any atom is 0.261 e. The van der Waals surface area contributed by atoms with Gasteiger partial charge in [0.1, 0.15) is 11.5 Å². The van der Waals surface area contributed by atoms with Crippen molar-refractivity contribution >= 4 is 5.91 Å². The van der Waals surface area contributed by atoms with Crippen molar-refractivity contribution in [2.75, 3.05) is 26.8 Å². The second kappa shape index (κ2) is 8.77. The molecule has 0 unspecified atom stereocenters. The number of benzene rings is 2. The summed E-state index contributed by atoms with van der Waals surface area (Å²) in [4.78, 5) is 18.8. The molecular weight excluding hydrogens is 370 g/mol. The van der Waals surface area contributed by atoms with Crippen LogP contribution < -0.4 is 9.47 Å². The number of amides is 1. The molecule has 150 valence electrons. The summed E-state index contributed by atoms with van der Waals surface area (Å²) >= 11 is 0. The Balaban J connectivity index is 1.33. The molecule has 7 heteroatoms. The summed E-state index contributed by atoms with van der Waals surface area (Å²) in [6, 6.07) is 16.9. The number of carbonyl (C=O) groups is 1. The molecule has 1 saturated heterocycles. The van der Waals surface area contributed by atoms with E-state index in [1.54, 1.807) is 7.11 Å². The van der Waals surface area contributed by atoms with E-state index in [1.807, 2.05) is 59.5 Å². The molecule has 0 aliphatic carbocycles. The lowest BCUT2D eigenvalue weighted by Gasteiger charge is -2.30. The number of nitrogens with zero attached hydrogens (tertiary/aromatic N) is 3. The van der Waals surface area contributed by atoms with E-state index in [1.165, 1.54) is 0 Å². The number of piperidine rings is 1. The average Bonchev–Trinajstić information content (AvgIpc) is 3.28. The number of aromatic nitrogens is 2. The molecule has 0 saturated carbocycles. The Morgan fingerprint density at radius 1 is 1.10 bits per heavy atom. The fraction of sp³-hybridized carbons (Fsp3) is 0.318. The monoisotopic (exact) mass is 393 g/mol. The van der Waals surface area contributed by atoms with Crippen LogP contribution in [0, 0.1) is 0 Å². The zero-order valence-electron chi connectivity index (χ0n) is 16.3. The summed E-state index contributed by atoms with van der Waals surface area (Å²) in [5.41, 5.74) is 0.777. The molecular formula is C22H23N3O4. The third-order valence-electron chi connectivity index (χ3n) is 5.10. The van der Waals surface area contributed by atoms with Gasteiger partial charge in [0.05, 0.1) is 12.7 Å². The Kier molecular flexibility index (Phi) is 5.74. The Morgan fingerprint density at radius 3 is 2.59 bits per heavy atom. The van der Waals surface area contributed by atoms with Crippen molar-refractivity contribution in [1.82, 2.24) is 15.0 Å². The van der Waals surface area contributed by atoms with Crippen LogP contribution in [0.15, 0.2) is 59.1 Å². The third kappa shape index (κ3) is 4.39. The lowest BCUT2D eigenvalue weighted by molar-refractivity contribution is -0.134. The summed E-state index contributed by atoms with van der Waals surface area (Å²) < 4.78 is 16.4. The van der Waals surface area contributed by atoms with Gasteiger partial charge in [-0.15, -0.1) is 0 Å². The highest BCUT2D eigenvalue weighted by Crippen LogP contribution is 2.31. The molecule has 3 aromatic rings. The maximum atomic E-state index is 12.4. The van der Waals surface area contributed by atoms with Crippen LogP contribution in [0.5, 0.6) is 11.5 Å². The molecule has 29 heavy (non-hydrogen) atoms. The molecule has 2 aromatic carbocycles. The van der Waals surface area contributed by atoms with Crippen molar-refractivity contribution < 1.29 is 18.8 Å². The molecule has 0 spiro atoms. The first-order chi connectivity index (χ1) is 14.2. The summed E-state index contributed by atoms with van der Waals surface area (Å²) in [7, 11) is 1.62. The average molecular weight is 393 g/mol. The molecule has 7 nitrogen and oxygen atoms in total. The highest BCUT2D eigenvalue weighted by molar-refractivity contribution is 5.77. The smallest absolute Gasteiger partial charge is 0.261 e. The largest absolute Gasteiger partial charge is 0.496 e. The molecule has 1 aliphatic heterocycles. The number of hydrogen-bond donors (Lipinski definition) is 0. The Morgan fingerprint density at radius 2 is 1.83 bits per heavy atom. The minimum absolute atomic E-state index is 0.00451. The van der Waals surface area contributed by atoms with E-state index in [-0.39, 0.29) is 18.4 Å². The van der Waals surface area contributed by atoms with Crippen molar-refractivity contribution in [3.8, 4) is 23.0 Å². The molecule has 1 aromatic heterocycles. The molecule has 1 amide bonds. The van der Waals surface area contributed by atoms with Gasteiger partial charge in [0.25, 0.3) is 11.8 Å². The number of likely N-dealkylation sites (tertiary alicyclic amines) is 1. The van der Waals surface area contributed by atoms with E-state index in [9.17, 15) is 4.79 Å². The second-order valence-corrected chi connectivity index (χ2v) is 6.91. The lowest BCUT2D eigenvalue weighted by Crippen LogP contribution is -2.40. The molecule has 0 N–H and O–H groups in total. The molecule has 0 radical (unpaired) electrons. The topological polar surface area (TPSA) is 77.7 Å². The van der Waals surface area contributed by atoms with Crippen LogP contribution in [0.1, 0.15) is 24.6 Å². The van der Waals surface area contributed by atoms with Gasteiger partial charge in [-0.2, -0.15) is 4.98 Å². The zero-order valence-corrected chi connectivity index (χ0v) is 16.3. The minimum Gasteiger partial charge on any atom is -0.496 e. The normalized spacial score (nSPS) is 14.6. The van der Waals surface area contributed by atoms with Gasteiger partial charge in [-0.3, -0.25) is 4.79 Å². The first-order valence-corrected chi connectivity index (χ1v) is 9.67. The quantitative estimate of drug-likeness (QED) is 0.638. The zero-order chi connectivity index (χ0) is 20.1. The molecule has 0 bridgehead atoms. The van der Waals surface area contributed by atoms with Crippen LogP contribution in [-0.4, -0.2) is 47.8 Å². The van der Waals surface area contributed by atoms with Crippen molar-refractivity contribution in [3.05, 3.63) is 60.4 Å². The molecule has 1 fully saturated rings. The Hall–Kier alpha value is -3.35. The first kappa shape index (κ1) is 19.0. The van der Waals surface area contributed by atoms with Crippen LogP contribution >= 0.6 is 0 Å². The van der Waals surface area contributed by atoms with Crippen LogP contribution in [0.25, 0.3) is 11.5 Å². The fourth-order valence-corrected chi connectivity index (χ4v) is 3.47. The van der Waals surface area contributed by atoms with E-state index < -0.39 is 0 Å². The van der Waals surface area contributed by atoms with E-state index in [4.69, 9.17) is 14.0 Å².